The highest BCUT2D eigenvalue weighted by atomic mass is 16.6. The molecule has 0 heterocycles. The van der Waals surface area contributed by atoms with Crippen LogP contribution in [0.5, 0.6) is 0 Å². The third-order valence-electron chi connectivity index (χ3n) is 9.83. The number of esters is 2. The second kappa shape index (κ2) is 48.9. The lowest BCUT2D eigenvalue weighted by atomic mass is 10.1. The summed E-state index contributed by atoms with van der Waals surface area (Å²) in [5.41, 5.74) is 0. The molecule has 0 aromatic carbocycles. The van der Waals surface area contributed by atoms with E-state index in [1.165, 1.54) is 70.6 Å². The predicted octanol–water partition coefficient (Wildman–Crippen LogP) is 15.8. The van der Waals surface area contributed by atoms with Gasteiger partial charge < -0.3 is 14.6 Å². The van der Waals surface area contributed by atoms with Gasteiger partial charge in [-0.1, -0.05) is 213 Å². The molecule has 0 aromatic rings. The Hall–Kier alpha value is -3.44. The van der Waals surface area contributed by atoms with E-state index in [2.05, 4.69) is 123 Å². The van der Waals surface area contributed by atoms with Gasteiger partial charge in [0.05, 0.1) is 6.61 Å². The first-order valence-electron chi connectivity index (χ1n) is 23.9. The van der Waals surface area contributed by atoms with Crippen LogP contribution >= 0.6 is 0 Å². The third kappa shape index (κ3) is 47.1. The smallest absolute Gasteiger partial charge is 0.306 e. The maximum absolute atomic E-state index is 12.2. The average Bonchev–Trinajstić information content (AvgIpc) is 3.24. The Labute approximate surface area is 363 Å². The van der Waals surface area contributed by atoms with Gasteiger partial charge in [0.1, 0.15) is 6.61 Å². The molecule has 59 heavy (non-hydrogen) atoms. The fraction of sp³-hybridized carbons (Fsp3) is 0.630. The summed E-state index contributed by atoms with van der Waals surface area (Å²) >= 11 is 0. The summed E-state index contributed by atoms with van der Waals surface area (Å²) in [5, 5.41) is 9.54. The molecule has 0 aliphatic heterocycles. The van der Waals surface area contributed by atoms with Crippen molar-refractivity contribution in [2.75, 3.05) is 13.2 Å². The number of carbonyl (C=O) groups excluding carboxylic acids is 2. The third-order valence-corrected chi connectivity index (χ3v) is 9.83. The van der Waals surface area contributed by atoms with E-state index >= 15 is 0 Å². The number of carbonyl (C=O) groups is 2. The molecule has 0 saturated carbocycles. The Morgan fingerprint density at radius 1 is 0.407 bits per heavy atom. The molecule has 0 saturated heterocycles. The molecule has 1 unspecified atom stereocenters. The Kier molecular flexibility index (Phi) is 46.1. The van der Waals surface area contributed by atoms with E-state index in [1.807, 2.05) is 0 Å². The first-order valence-corrected chi connectivity index (χ1v) is 23.9. The summed E-state index contributed by atoms with van der Waals surface area (Å²) in [6.07, 6.45) is 70.5. The zero-order valence-corrected chi connectivity index (χ0v) is 38.0. The Bertz CT molecular complexity index is 1200. The number of aliphatic hydroxyl groups excluding tert-OH is 1. The van der Waals surface area contributed by atoms with Crippen molar-refractivity contribution in [2.24, 2.45) is 0 Å². The van der Waals surface area contributed by atoms with Gasteiger partial charge in [-0.3, -0.25) is 9.59 Å². The number of allylic oxidation sites excluding steroid dienone is 18. The lowest BCUT2D eigenvalue weighted by Gasteiger charge is -2.15. The first kappa shape index (κ1) is 55.6. The minimum atomic E-state index is -0.777. The van der Waals surface area contributed by atoms with Crippen molar-refractivity contribution in [3.05, 3.63) is 109 Å². The fourth-order valence-electron chi connectivity index (χ4n) is 6.25. The lowest BCUT2D eigenvalue weighted by molar-refractivity contribution is -0.161. The minimum absolute atomic E-state index is 0.0720. The molecule has 0 amide bonds. The Morgan fingerprint density at radius 3 is 1.10 bits per heavy atom. The van der Waals surface area contributed by atoms with Crippen LogP contribution in [0.4, 0.5) is 0 Å². The van der Waals surface area contributed by atoms with Gasteiger partial charge in [-0.15, -0.1) is 0 Å². The van der Waals surface area contributed by atoms with E-state index in [4.69, 9.17) is 9.47 Å². The molecular formula is C54H88O5. The van der Waals surface area contributed by atoms with Gasteiger partial charge in [0.15, 0.2) is 6.10 Å². The molecule has 0 aromatic heterocycles. The molecule has 0 rings (SSSR count). The number of hydrogen-bond donors (Lipinski definition) is 1. The van der Waals surface area contributed by atoms with Gasteiger partial charge in [0.2, 0.25) is 0 Å². The van der Waals surface area contributed by atoms with E-state index in [0.29, 0.717) is 12.8 Å². The molecule has 0 spiro atoms. The van der Waals surface area contributed by atoms with Crippen LogP contribution in [0, 0.1) is 0 Å². The highest BCUT2D eigenvalue weighted by Crippen LogP contribution is 2.13. The Balaban J connectivity index is 3.59. The molecule has 334 valence electrons. The number of rotatable bonds is 42. The fourth-order valence-corrected chi connectivity index (χ4v) is 6.25. The van der Waals surface area contributed by atoms with Crippen LogP contribution in [0.1, 0.15) is 200 Å². The van der Waals surface area contributed by atoms with E-state index in [1.54, 1.807) is 0 Å². The van der Waals surface area contributed by atoms with Crippen molar-refractivity contribution in [1.29, 1.82) is 0 Å². The van der Waals surface area contributed by atoms with Crippen molar-refractivity contribution in [2.45, 2.75) is 206 Å². The van der Waals surface area contributed by atoms with Crippen LogP contribution in [0.2, 0.25) is 0 Å². The standard InChI is InChI=1S/C54H88O5/c1-3-5-7-9-11-13-14-15-16-17-18-19-20-21-22-23-24-25-26-27-28-29-30-31-32-33-34-35-36-37-38-39-40-41-43-45-47-49-54(57)59-52(50-55)51-58-53(56)48-46-44-42-12-10-8-6-4-2/h5,7,11,13,15-16,18-19,21-22,24-25,27-28,30-31,33-34,52,55H,3-4,6,8-10,12,14,17,20,23,26,29,32,35-51H2,1-2H3/b7-5-,13-11-,16-15-,19-18-,22-21-,25-24-,28-27-,31-30-,34-33-. The first-order chi connectivity index (χ1) is 29.1. The molecule has 0 bridgehead atoms. The highest BCUT2D eigenvalue weighted by molar-refractivity contribution is 5.70. The zero-order valence-electron chi connectivity index (χ0n) is 38.0. The maximum Gasteiger partial charge on any atom is 0.306 e. The van der Waals surface area contributed by atoms with Gasteiger partial charge in [0.25, 0.3) is 0 Å². The van der Waals surface area contributed by atoms with E-state index in [0.717, 1.165) is 103 Å². The van der Waals surface area contributed by atoms with E-state index in [9.17, 15) is 14.7 Å². The molecular weight excluding hydrogens is 729 g/mol. The largest absolute Gasteiger partial charge is 0.462 e. The predicted molar refractivity (Wildman–Crippen MR) is 255 cm³/mol. The number of ether oxygens (including phenoxy) is 2. The van der Waals surface area contributed by atoms with Gasteiger partial charge in [-0.25, -0.2) is 0 Å². The quantitative estimate of drug-likeness (QED) is 0.0377. The van der Waals surface area contributed by atoms with Crippen molar-refractivity contribution >= 4 is 11.9 Å². The van der Waals surface area contributed by atoms with Crippen LogP contribution in [-0.2, 0) is 19.1 Å². The lowest BCUT2D eigenvalue weighted by Crippen LogP contribution is -2.28. The molecule has 0 radical (unpaired) electrons. The summed E-state index contributed by atoms with van der Waals surface area (Å²) in [4.78, 5) is 24.2. The minimum Gasteiger partial charge on any atom is -0.462 e. The van der Waals surface area contributed by atoms with Crippen molar-refractivity contribution in [3.63, 3.8) is 0 Å². The molecule has 1 atom stereocenters. The average molecular weight is 817 g/mol. The zero-order chi connectivity index (χ0) is 42.8. The van der Waals surface area contributed by atoms with Crippen molar-refractivity contribution in [3.8, 4) is 0 Å². The van der Waals surface area contributed by atoms with Crippen molar-refractivity contribution in [1.82, 2.24) is 0 Å². The molecule has 0 aliphatic rings. The van der Waals surface area contributed by atoms with E-state index < -0.39 is 6.10 Å². The van der Waals surface area contributed by atoms with Gasteiger partial charge in [0, 0.05) is 12.8 Å². The number of aliphatic hydroxyl groups is 1. The second-order valence-corrected chi connectivity index (χ2v) is 15.5. The van der Waals surface area contributed by atoms with Crippen LogP contribution in [-0.4, -0.2) is 36.4 Å². The summed E-state index contributed by atoms with van der Waals surface area (Å²) in [6, 6.07) is 0. The SMILES string of the molecule is CC/C=C\C/C=C\C/C=C\C/C=C\C/C=C\C/C=C\C/C=C\C/C=C\C/C=C\CCCCCCCCCCCC(=O)OC(CO)COC(=O)CCCCCCCCCC. The molecule has 5 nitrogen and oxygen atoms in total. The summed E-state index contributed by atoms with van der Waals surface area (Å²) < 4.78 is 10.6. The highest BCUT2D eigenvalue weighted by Gasteiger charge is 2.16. The van der Waals surface area contributed by atoms with Gasteiger partial charge >= 0.3 is 11.9 Å². The summed E-state index contributed by atoms with van der Waals surface area (Å²) in [7, 11) is 0. The summed E-state index contributed by atoms with van der Waals surface area (Å²) in [6.45, 7) is 3.97. The molecule has 0 aliphatic carbocycles. The maximum atomic E-state index is 12.2. The van der Waals surface area contributed by atoms with Crippen LogP contribution in [0.15, 0.2) is 109 Å². The van der Waals surface area contributed by atoms with Gasteiger partial charge in [-0.2, -0.15) is 0 Å². The molecule has 5 heteroatoms. The number of unbranched alkanes of at least 4 members (excludes halogenated alkanes) is 16. The van der Waals surface area contributed by atoms with Crippen LogP contribution < -0.4 is 0 Å². The van der Waals surface area contributed by atoms with Crippen LogP contribution in [0.3, 0.4) is 0 Å². The Morgan fingerprint density at radius 2 is 0.729 bits per heavy atom. The second-order valence-electron chi connectivity index (χ2n) is 15.5. The monoisotopic (exact) mass is 817 g/mol. The number of hydrogen-bond acceptors (Lipinski definition) is 5. The molecule has 1 N–H and O–H groups in total. The topological polar surface area (TPSA) is 72.8 Å². The molecule has 0 fully saturated rings. The normalized spacial score (nSPS) is 13.2. The van der Waals surface area contributed by atoms with Gasteiger partial charge in [-0.05, 0) is 83.5 Å². The van der Waals surface area contributed by atoms with E-state index in [-0.39, 0.29) is 25.2 Å². The van der Waals surface area contributed by atoms with Crippen LogP contribution in [0.25, 0.3) is 0 Å². The summed E-state index contributed by atoms with van der Waals surface area (Å²) in [5.74, 6) is -0.608. The van der Waals surface area contributed by atoms with Crippen molar-refractivity contribution < 1.29 is 24.2 Å².